The molecule has 0 saturated carbocycles. The first-order valence-corrected chi connectivity index (χ1v) is 10.6. The Labute approximate surface area is 150 Å². The van der Waals surface area contributed by atoms with Crippen LogP contribution in [-0.2, 0) is 20.0 Å². The first-order valence-electron chi connectivity index (χ1n) is 6.72. The molecule has 0 radical (unpaired) electrons. The van der Waals surface area contributed by atoms with Crippen LogP contribution in [0.15, 0.2) is 47.4 Å². The van der Waals surface area contributed by atoms with Crippen molar-refractivity contribution in [2.75, 3.05) is 15.2 Å². The highest BCUT2D eigenvalue weighted by Crippen LogP contribution is 2.29. The van der Waals surface area contributed by atoms with Gasteiger partial charge in [-0.15, -0.1) is 0 Å². The highest BCUT2D eigenvalue weighted by Gasteiger charge is 2.19. The SMILES string of the molecule is CCS(=O)(=O)Nc1cc(S(=O)(=O)Nc2ccccc2Cl)ccc1Cl. The first kappa shape index (κ1) is 18.9. The molecule has 0 bridgehead atoms. The lowest BCUT2D eigenvalue weighted by Crippen LogP contribution is -2.17. The smallest absolute Gasteiger partial charge is 0.262 e. The third-order valence-electron chi connectivity index (χ3n) is 3.01. The minimum absolute atomic E-state index is 0.0134. The number of anilines is 2. The Bertz CT molecular complexity index is 960. The third kappa shape index (κ3) is 4.54. The normalized spacial score (nSPS) is 12.0. The molecule has 6 nitrogen and oxygen atoms in total. The number of hydrogen-bond donors (Lipinski definition) is 2. The van der Waals surface area contributed by atoms with Crippen LogP contribution in [0.2, 0.25) is 10.0 Å². The fraction of sp³-hybridized carbons (Fsp3) is 0.143. The molecule has 0 atom stereocenters. The average Bonchev–Trinajstić information content (AvgIpc) is 2.51. The van der Waals surface area contributed by atoms with E-state index in [1.54, 1.807) is 18.2 Å². The summed E-state index contributed by atoms with van der Waals surface area (Å²) in [6.45, 7) is 1.45. The van der Waals surface area contributed by atoms with E-state index in [0.29, 0.717) is 0 Å². The van der Waals surface area contributed by atoms with Crippen molar-refractivity contribution in [3.63, 3.8) is 0 Å². The van der Waals surface area contributed by atoms with E-state index in [-0.39, 0.29) is 32.1 Å². The van der Waals surface area contributed by atoms with Gasteiger partial charge in [-0.2, -0.15) is 0 Å². The second-order valence-corrected chi connectivity index (χ2v) is 9.24. The second-order valence-electron chi connectivity index (χ2n) is 4.73. The molecule has 0 aliphatic carbocycles. The molecule has 10 heteroatoms. The topological polar surface area (TPSA) is 92.3 Å². The molecule has 0 amide bonds. The number of nitrogens with one attached hydrogen (secondary N) is 2. The second kappa shape index (κ2) is 7.18. The lowest BCUT2D eigenvalue weighted by Gasteiger charge is -2.12. The maximum atomic E-state index is 12.5. The van der Waals surface area contributed by atoms with E-state index >= 15 is 0 Å². The van der Waals surface area contributed by atoms with Crippen LogP contribution in [0, 0.1) is 0 Å². The molecule has 0 unspecified atom stereocenters. The van der Waals surface area contributed by atoms with Gasteiger partial charge in [-0.05, 0) is 37.3 Å². The van der Waals surface area contributed by atoms with Gasteiger partial charge >= 0.3 is 0 Å². The molecule has 0 fully saturated rings. The summed E-state index contributed by atoms with van der Waals surface area (Å²) in [5.41, 5.74) is 0.199. The van der Waals surface area contributed by atoms with Crippen molar-refractivity contribution in [2.45, 2.75) is 11.8 Å². The molecular formula is C14H14Cl2N2O4S2. The largest absolute Gasteiger partial charge is 0.282 e. The summed E-state index contributed by atoms with van der Waals surface area (Å²) >= 11 is 11.9. The Kier molecular flexibility index (Phi) is 5.64. The molecule has 24 heavy (non-hydrogen) atoms. The van der Waals surface area contributed by atoms with Crippen LogP contribution < -0.4 is 9.44 Å². The minimum Gasteiger partial charge on any atom is -0.282 e. The maximum absolute atomic E-state index is 12.5. The van der Waals surface area contributed by atoms with Gasteiger partial charge in [0, 0.05) is 0 Å². The van der Waals surface area contributed by atoms with E-state index < -0.39 is 20.0 Å². The number of sulfonamides is 2. The predicted octanol–water partition coefficient (Wildman–Crippen LogP) is 3.56. The first-order chi connectivity index (χ1) is 11.1. The Morgan fingerprint density at radius 2 is 1.50 bits per heavy atom. The lowest BCUT2D eigenvalue weighted by atomic mass is 10.3. The number of rotatable bonds is 6. The third-order valence-corrected chi connectivity index (χ3v) is 6.33. The summed E-state index contributed by atoms with van der Waals surface area (Å²) in [5.74, 6) is -0.168. The quantitative estimate of drug-likeness (QED) is 0.763. The average molecular weight is 409 g/mol. The summed E-state index contributed by atoms with van der Waals surface area (Å²) in [4.78, 5) is -0.152. The molecule has 0 spiro atoms. The molecule has 2 rings (SSSR count). The summed E-state index contributed by atoms with van der Waals surface area (Å²) < 4.78 is 52.8. The van der Waals surface area contributed by atoms with Crippen LogP contribution in [0.3, 0.4) is 0 Å². The van der Waals surface area contributed by atoms with Crippen molar-refractivity contribution in [3.8, 4) is 0 Å². The maximum Gasteiger partial charge on any atom is 0.262 e. The van der Waals surface area contributed by atoms with Crippen LogP contribution in [0.4, 0.5) is 11.4 Å². The zero-order valence-corrected chi connectivity index (χ0v) is 15.6. The molecule has 0 heterocycles. The Morgan fingerprint density at radius 1 is 0.875 bits per heavy atom. The number of hydrogen-bond acceptors (Lipinski definition) is 4. The van der Waals surface area contributed by atoms with Crippen molar-refractivity contribution in [3.05, 3.63) is 52.5 Å². The summed E-state index contributed by atoms with van der Waals surface area (Å²) in [6, 6.07) is 10.1. The molecule has 2 aromatic rings. The van der Waals surface area contributed by atoms with Gasteiger partial charge in [0.1, 0.15) is 0 Å². The highest BCUT2D eigenvalue weighted by atomic mass is 35.5. The molecule has 0 aliphatic rings. The number of halogens is 2. The van der Waals surface area contributed by atoms with Gasteiger partial charge in [0.25, 0.3) is 10.0 Å². The molecule has 2 aromatic carbocycles. The van der Waals surface area contributed by atoms with E-state index in [2.05, 4.69) is 9.44 Å². The van der Waals surface area contributed by atoms with Crippen LogP contribution in [-0.4, -0.2) is 22.6 Å². The van der Waals surface area contributed by atoms with Gasteiger partial charge in [-0.3, -0.25) is 9.44 Å². The van der Waals surface area contributed by atoms with Gasteiger partial charge in [-0.1, -0.05) is 35.3 Å². The lowest BCUT2D eigenvalue weighted by molar-refractivity contribution is 0.599. The fourth-order valence-corrected chi connectivity index (χ4v) is 3.95. The molecule has 2 N–H and O–H groups in total. The fourth-order valence-electron chi connectivity index (χ4n) is 1.74. The van der Waals surface area contributed by atoms with E-state index in [1.807, 2.05) is 0 Å². The van der Waals surface area contributed by atoms with Gasteiger partial charge in [0.15, 0.2) is 0 Å². The van der Waals surface area contributed by atoms with Crippen molar-refractivity contribution < 1.29 is 16.8 Å². The molecule has 0 aromatic heterocycles. The Morgan fingerprint density at radius 3 is 2.12 bits per heavy atom. The summed E-state index contributed by atoms with van der Waals surface area (Å²) in [7, 11) is -7.56. The Hall–Kier alpha value is -1.48. The van der Waals surface area contributed by atoms with Crippen molar-refractivity contribution in [2.24, 2.45) is 0 Å². The molecule has 0 aliphatic heterocycles. The van der Waals surface area contributed by atoms with Gasteiger partial charge in [0.05, 0.1) is 32.1 Å². The van der Waals surface area contributed by atoms with Crippen LogP contribution in [0.1, 0.15) is 6.92 Å². The van der Waals surface area contributed by atoms with Crippen LogP contribution >= 0.6 is 23.2 Å². The standard InChI is InChI=1S/C14H14Cl2N2O4S2/c1-2-23(19,20)17-14-9-10(7-8-12(14)16)24(21,22)18-13-6-4-3-5-11(13)15/h3-9,17-18H,2H2,1H3. The van der Waals surface area contributed by atoms with Crippen LogP contribution in [0.25, 0.3) is 0 Å². The summed E-state index contributed by atoms with van der Waals surface area (Å²) in [5, 5.41) is 0.325. The predicted molar refractivity (Wildman–Crippen MR) is 96.8 cm³/mol. The molecular weight excluding hydrogens is 395 g/mol. The Balaban J connectivity index is 2.39. The highest BCUT2D eigenvalue weighted by molar-refractivity contribution is 7.93. The molecule has 130 valence electrons. The van der Waals surface area contributed by atoms with Crippen molar-refractivity contribution >= 4 is 54.6 Å². The van der Waals surface area contributed by atoms with Crippen molar-refractivity contribution in [1.29, 1.82) is 0 Å². The van der Waals surface area contributed by atoms with Crippen molar-refractivity contribution in [1.82, 2.24) is 0 Å². The van der Waals surface area contributed by atoms with Gasteiger partial charge in [0.2, 0.25) is 10.0 Å². The number of para-hydroxylation sites is 1. The van der Waals surface area contributed by atoms with Gasteiger partial charge in [-0.25, -0.2) is 16.8 Å². The summed E-state index contributed by atoms with van der Waals surface area (Å²) in [6.07, 6.45) is 0. The van der Waals surface area contributed by atoms with E-state index in [1.165, 1.54) is 25.1 Å². The molecule has 0 saturated heterocycles. The van der Waals surface area contributed by atoms with E-state index in [0.717, 1.165) is 6.07 Å². The van der Waals surface area contributed by atoms with Gasteiger partial charge < -0.3 is 0 Å². The number of benzene rings is 2. The van der Waals surface area contributed by atoms with E-state index in [4.69, 9.17) is 23.2 Å². The zero-order chi connectivity index (χ0) is 18.0. The zero-order valence-electron chi connectivity index (χ0n) is 12.5. The monoisotopic (exact) mass is 408 g/mol. The van der Waals surface area contributed by atoms with E-state index in [9.17, 15) is 16.8 Å². The minimum atomic E-state index is -3.97. The van der Waals surface area contributed by atoms with Crippen LogP contribution in [0.5, 0.6) is 0 Å².